The van der Waals surface area contributed by atoms with E-state index >= 15 is 0 Å². The van der Waals surface area contributed by atoms with Gasteiger partial charge in [-0.25, -0.2) is 0 Å². The van der Waals surface area contributed by atoms with Crippen molar-refractivity contribution in [1.82, 2.24) is 9.88 Å². The van der Waals surface area contributed by atoms with Crippen LogP contribution in [0.4, 0.5) is 0 Å². The SMILES string of the molecule is CC(=O)[C@H]([C@H](C)c1cccnc1)N(C)C. The van der Waals surface area contributed by atoms with Crippen molar-refractivity contribution in [2.75, 3.05) is 14.1 Å². The van der Waals surface area contributed by atoms with E-state index in [0.29, 0.717) is 0 Å². The van der Waals surface area contributed by atoms with Gasteiger partial charge in [0.1, 0.15) is 5.78 Å². The molecule has 82 valence electrons. The lowest BCUT2D eigenvalue weighted by Crippen LogP contribution is -2.38. The first-order chi connectivity index (χ1) is 7.04. The summed E-state index contributed by atoms with van der Waals surface area (Å²) in [6.07, 6.45) is 3.57. The number of likely N-dealkylation sites (N-methyl/N-ethyl adjacent to an activating group) is 1. The van der Waals surface area contributed by atoms with Gasteiger partial charge in [0.05, 0.1) is 6.04 Å². The molecule has 0 radical (unpaired) electrons. The van der Waals surface area contributed by atoms with Crippen molar-refractivity contribution in [3.8, 4) is 0 Å². The number of hydrogen-bond donors (Lipinski definition) is 0. The number of aromatic nitrogens is 1. The summed E-state index contributed by atoms with van der Waals surface area (Å²) in [6, 6.07) is 3.84. The fraction of sp³-hybridized carbons (Fsp3) is 0.500. The van der Waals surface area contributed by atoms with E-state index in [1.807, 2.05) is 37.3 Å². The molecule has 15 heavy (non-hydrogen) atoms. The molecule has 0 amide bonds. The van der Waals surface area contributed by atoms with Crippen LogP contribution in [0.2, 0.25) is 0 Å². The van der Waals surface area contributed by atoms with Gasteiger partial charge in [-0.3, -0.25) is 14.7 Å². The molecule has 3 nitrogen and oxygen atoms in total. The van der Waals surface area contributed by atoms with Crippen molar-refractivity contribution < 1.29 is 4.79 Å². The molecule has 0 fully saturated rings. The minimum absolute atomic E-state index is 0.0748. The van der Waals surface area contributed by atoms with Gasteiger partial charge in [0.15, 0.2) is 0 Å². The topological polar surface area (TPSA) is 33.2 Å². The number of carbonyl (C=O) groups excluding carboxylic acids is 1. The van der Waals surface area contributed by atoms with Gasteiger partial charge in [-0.1, -0.05) is 13.0 Å². The van der Waals surface area contributed by atoms with Gasteiger partial charge >= 0.3 is 0 Å². The van der Waals surface area contributed by atoms with Gasteiger partial charge in [-0.2, -0.15) is 0 Å². The highest BCUT2D eigenvalue weighted by Crippen LogP contribution is 2.21. The molecule has 0 aromatic carbocycles. The zero-order valence-electron chi connectivity index (χ0n) is 9.77. The molecule has 0 bridgehead atoms. The van der Waals surface area contributed by atoms with Crippen molar-refractivity contribution in [3.05, 3.63) is 30.1 Å². The largest absolute Gasteiger partial charge is 0.299 e. The Morgan fingerprint density at radius 1 is 1.47 bits per heavy atom. The third-order valence-electron chi connectivity index (χ3n) is 2.66. The van der Waals surface area contributed by atoms with Crippen molar-refractivity contribution in [2.24, 2.45) is 0 Å². The number of ketones is 1. The van der Waals surface area contributed by atoms with Crippen LogP contribution in [0.25, 0.3) is 0 Å². The van der Waals surface area contributed by atoms with E-state index in [0.717, 1.165) is 5.56 Å². The van der Waals surface area contributed by atoms with Crippen LogP contribution >= 0.6 is 0 Å². The van der Waals surface area contributed by atoms with Crippen LogP contribution in [0.5, 0.6) is 0 Å². The highest BCUT2D eigenvalue weighted by molar-refractivity contribution is 5.82. The smallest absolute Gasteiger partial charge is 0.147 e. The van der Waals surface area contributed by atoms with E-state index in [-0.39, 0.29) is 17.7 Å². The Hall–Kier alpha value is -1.22. The molecule has 1 heterocycles. The molecule has 2 atom stereocenters. The minimum atomic E-state index is -0.0748. The lowest BCUT2D eigenvalue weighted by atomic mass is 9.91. The van der Waals surface area contributed by atoms with Gasteiger partial charge in [0.2, 0.25) is 0 Å². The Labute approximate surface area is 91.1 Å². The molecular formula is C12H18N2O. The quantitative estimate of drug-likeness (QED) is 0.752. The molecule has 0 spiro atoms. The third kappa shape index (κ3) is 2.86. The normalized spacial score (nSPS) is 15.0. The van der Waals surface area contributed by atoms with Crippen LogP contribution in [0.3, 0.4) is 0 Å². The molecule has 0 aliphatic rings. The maximum atomic E-state index is 11.5. The fourth-order valence-electron chi connectivity index (χ4n) is 1.99. The second-order valence-electron chi connectivity index (χ2n) is 4.09. The first-order valence-corrected chi connectivity index (χ1v) is 5.11. The Morgan fingerprint density at radius 3 is 2.53 bits per heavy atom. The van der Waals surface area contributed by atoms with Crippen LogP contribution in [0, 0.1) is 0 Å². The summed E-state index contributed by atoms with van der Waals surface area (Å²) in [4.78, 5) is 17.6. The molecule has 0 aliphatic carbocycles. The van der Waals surface area contributed by atoms with Crippen molar-refractivity contribution >= 4 is 5.78 Å². The van der Waals surface area contributed by atoms with Crippen LogP contribution in [0.1, 0.15) is 25.3 Å². The number of hydrogen-bond acceptors (Lipinski definition) is 3. The van der Waals surface area contributed by atoms with Crippen LogP contribution in [0.15, 0.2) is 24.5 Å². The molecule has 0 unspecified atom stereocenters. The van der Waals surface area contributed by atoms with E-state index in [1.54, 1.807) is 13.1 Å². The van der Waals surface area contributed by atoms with Gasteiger partial charge in [0, 0.05) is 18.3 Å². The predicted molar refractivity (Wildman–Crippen MR) is 60.8 cm³/mol. The van der Waals surface area contributed by atoms with E-state index in [4.69, 9.17) is 0 Å². The maximum Gasteiger partial charge on any atom is 0.147 e. The lowest BCUT2D eigenvalue weighted by molar-refractivity contribution is -0.121. The van der Waals surface area contributed by atoms with Crippen molar-refractivity contribution in [1.29, 1.82) is 0 Å². The zero-order valence-corrected chi connectivity index (χ0v) is 9.77. The molecule has 3 heteroatoms. The van der Waals surface area contributed by atoms with Crippen LogP contribution in [-0.2, 0) is 4.79 Å². The number of nitrogens with zero attached hydrogens (tertiary/aromatic N) is 2. The van der Waals surface area contributed by atoms with Gasteiger partial charge in [0.25, 0.3) is 0 Å². The Kier molecular flexibility index (Phi) is 3.97. The second kappa shape index (κ2) is 5.03. The maximum absolute atomic E-state index is 11.5. The third-order valence-corrected chi connectivity index (χ3v) is 2.66. The summed E-state index contributed by atoms with van der Waals surface area (Å²) < 4.78 is 0. The summed E-state index contributed by atoms with van der Waals surface area (Å²) >= 11 is 0. The molecule has 1 rings (SSSR count). The number of pyridine rings is 1. The Balaban J connectivity index is 2.91. The highest BCUT2D eigenvalue weighted by atomic mass is 16.1. The van der Waals surface area contributed by atoms with Gasteiger partial charge < -0.3 is 0 Å². The first kappa shape index (κ1) is 11.9. The van der Waals surface area contributed by atoms with E-state index in [1.165, 1.54) is 0 Å². The molecular weight excluding hydrogens is 188 g/mol. The summed E-state index contributed by atoms with van der Waals surface area (Å²) in [7, 11) is 3.86. The predicted octanol–water partition coefficient (Wildman–Crippen LogP) is 1.70. The van der Waals surface area contributed by atoms with Crippen molar-refractivity contribution in [2.45, 2.75) is 25.8 Å². The summed E-state index contributed by atoms with van der Waals surface area (Å²) in [5.74, 6) is 0.363. The number of carbonyl (C=O) groups is 1. The van der Waals surface area contributed by atoms with Crippen LogP contribution in [-0.4, -0.2) is 35.8 Å². The van der Waals surface area contributed by atoms with E-state index in [2.05, 4.69) is 11.9 Å². The molecule has 0 N–H and O–H groups in total. The summed E-state index contributed by atoms with van der Waals surface area (Å²) in [6.45, 7) is 3.70. The monoisotopic (exact) mass is 206 g/mol. The number of Topliss-reactive ketones (excluding diaryl/α,β-unsaturated/α-hetero) is 1. The summed E-state index contributed by atoms with van der Waals surface area (Å²) in [5, 5.41) is 0. The fourth-order valence-corrected chi connectivity index (χ4v) is 1.99. The summed E-state index contributed by atoms with van der Waals surface area (Å²) in [5.41, 5.74) is 1.10. The van der Waals surface area contributed by atoms with E-state index in [9.17, 15) is 4.79 Å². The lowest BCUT2D eigenvalue weighted by Gasteiger charge is -2.27. The molecule has 0 saturated heterocycles. The molecule has 0 saturated carbocycles. The first-order valence-electron chi connectivity index (χ1n) is 5.11. The zero-order chi connectivity index (χ0) is 11.4. The Morgan fingerprint density at radius 2 is 2.13 bits per heavy atom. The average Bonchev–Trinajstić information content (AvgIpc) is 2.18. The van der Waals surface area contributed by atoms with Gasteiger partial charge in [-0.05, 0) is 32.6 Å². The van der Waals surface area contributed by atoms with Crippen molar-refractivity contribution in [3.63, 3.8) is 0 Å². The van der Waals surface area contributed by atoms with E-state index < -0.39 is 0 Å². The molecule has 1 aromatic rings. The standard InChI is InChI=1S/C12H18N2O/c1-9(11-6-5-7-13-8-11)12(10(2)15)14(3)4/h5-9,12H,1-4H3/t9-,12+/m1/s1. The molecule has 0 aliphatic heterocycles. The van der Waals surface area contributed by atoms with Gasteiger partial charge in [-0.15, -0.1) is 0 Å². The molecule has 1 aromatic heterocycles. The highest BCUT2D eigenvalue weighted by Gasteiger charge is 2.25. The number of rotatable bonds is 4. The minimum Gasteiger partial charge on any atom is -0.299 e. The van der Waals surface area contributed by atoms with Crippen LogP contribution < -0.4 is 0 Å². The second-order valence-corrected chi connectivity index (χ2v) is 4.09. The Bertz CT molecular complexity index is 322. The average molecular weight is 206 g/mol.